The van der Waals surface area contributed by atoms with Crippen molar-refractivity contribution < 1.29 is 29.3 Å². The van der Waals surface area contributed by atoms with Gasteiger partial charge < -0.3 is 29.9 Å². The number of β-amino-alcohol motifs (C(OH)–C–C–N with tert-alkyl or cyclic N) is 1. The maximum absolute atomic E-state index is 12.7. The van der Waals surface area contributed by atoms with Gasteiger partial charge in [-0.3, -0.25) is 9.59 Å². The number of carbonyl (C=O) groups is 2. The van der Waals surface area contributed by atoms with Gasteiger partial charge in [0, 0.05) is 42.9 Å². The fraction of sp³-hybridized carbons (Fsp3) is 0.600. The van der Waals surface area contributed by atoms with Crippen molar-refractivity contribution in [2.75, 3.05) is 39.4 Å². The number of benzene rings is 1. The number of fused-ring (bicyclic) bond motifs is 1. The number of amides is 1. The molecule has 1 fully saturated rings. The molecule has 0 spiro atoms. The van der Waals surface area contributed by atoms with Gasteiger partial charge in [-0.05, 0) is 32.0 Å². The summed E-state index contributed by atoms with van der Waals surface area (Å²) in [6.45, 7) is 3.20. The summed E-state index contributed by atoms with van der Waals surface area (Å²) in [5.41, 5.74) is 0.329. The Balaban J connectivity index is 1.54. The van der Waals surface area contributed by atoms with Crippen LogP contribution in [0.25, 0.3) is 0 Å². The van der Waals surface area contributed by atoms with Crippen molar-refractivity contribution in [1.29, 1.82) is 0 Å². The minimum atomic E-state index is -0.809. The molecule has 1 aromatic rings. The number of carbonyl (C=O) groups excluding carboxylic acids is 1. The maximum atomic E-state index is 12.7. The molecule has 2 aliphatic heterocycles. The largest absolute Gasteiger partial charge is 0.489 e. The van der Waals surface area contributed by atoms with Crippen molar-refractivity contribution in [3.63, 3.8) is 0 Å². The third-order valence-electron chi connectivity index (χ3n) is 5.25. The first kappa shape index (κ1) is 21.7. The molecule has 1 saturated heterocycles. The van der Waals surface area contributed by atoms with E-state index in [4.69, 9.17) is 26.2 Å². The van der Waals surface area contributed by atoms with Crippen LogP contribution in [0.2, 0.25) is 5.02 Å². The molecule has 2 heterocycles. The summed E-state index contributed by atoms with van der Waals surface area (Å²) < 4.78 is 11.3. The second-order valence-corrected chi connectivity index (χ2v) is 7.89. The van der Waals surface area contributed by atoms with E-state index in [2.05, 4.69) is 10.2 Å². The topological polar surface area (TPSA) is 108 Å². The van der Waals surface area contributed by atoms with Crippen molar-refractivity contribution in [3.8, 4) is 11.5 Å². The second kappa shape index (κ2) is 10.1. The summed E-state index contributed by atoms with van der Waals surface area (Å²) in [5.74, 6) is -0.320. The number of ether oxygens (including phenoxy) is 2. The zero-order valence-corrected chi connectivity index (χ0v) is 17.0. The number of rotatable bonds is 7. The van der Waals surface area contributed by atoms with Crippen molar-refractivity contribution in [3.05, 3.63) is 22.7 Å². The number of likely N-dealkylation sites (tertiary alicyclic amines) is 1. The second-order valence-electron chi connectivity index (χ2n) is 7.46. The summed E-state index contributed by atoms with van der Waals surface area (Å²) in [5, 5.41) is 22.4. The van der Waals surface area contributed by atoms with E-state index < -0.39 is 12.1 Å². The molecule has 2 atom stereocenters. The first-order chi connectivity index (χ1) is 13.9. The summed E-state index contributed by atoms with van der Waals surface area (Å²) in [6, 6.07) is 3.20. The number of hydrogen-bond donors (Lipinski definition) is 3. The molecule has 0 unspecified atom stereocenters. The van der Waals surface area contributed by atoms with Crippen molar-refractivity contribution in [2.45, 2.75) is 31.8 Å². The highest BCUT2D eigenvalue weighted by Crippen LogP contribution is 2.36. The van der Waals surface area contributed by atoms with Crippen LogP contribution in [0, 0.1) is 5.92 Å². The Bertz CT molecular complexity index is 744. The van der Waals surface area contributed by atoms with Gasteiger partial charge in [0.1, 0.15) is 0 Å². The van der Waals surface area contributed by atoms with Crippen LogP contribution in [0.15, 0.2) is 12.1 Å². The smallest absolute Gasteiger partial charge is 0.303 e. The molecule has 160 valence electrons. The number of carboxylic acids is 1. The van der Waals surface area contributed by atoms with E-state index in [0.717, 1.165) is 19.4 Å². The lowest BCUT2D eigenvalue weighted by Gasteiger charge is -2.36. The van der Waals surface area contributed by atoms with E-state index in [9.17, 15) is 14.7 Å². The number of piperidine rings is 1. The van der Waals surface area contributed by atoms with E-state index >= 15 is 0 Å². The van der Waals surface area contributed by atoms with E-state index in [1.807, 2.05) is 0 Å². The molecule has 0 aliphatic carbocycles. The Kier molecular flexibility index (Phi) is 7.57. The third kappa shape index (κ3) is 5.98. The van der Waals surface area contributed by atoms with Crippen LogP contribution < -0.4 is 14.8 Å². The Hall–Kier alpha value is -2.03. The third-order valence-corrected chi connectivity index (χ3v) is 5.47. The molecule has 9 heteroatoms. The molecule has 0 radical (unpaired) electrons. The van der Waals surface area contributed by atoms with E-state index in [1.54, 1.807) is 12.1 Å². The highest BCUT2D eigenvalue weighted by Gasteiger charge is 2.29. The molecule has 0 aromatic heterocycles. The first-order valence-corrected chi connectivity index (χ1v) is 10.3. The number of hydrogen-bond acceptors (Lipinski definition) is 6. The SMILES string of the molecule is O=C(O)CCCN1CC[C@@H](CNC(=O)c2cc(Cl)cc3c2OCCCO3)[C@H](O)C1. The van der Waals surface area contributed by atoms with Crippen LogP contribution in [0.4, 0.5) is 0 Å². The zero-order valence-electron chi connectivity index (χ0n) is 16.2. The van der Waals surface area contributed by atoms with Gasteiger partial charge in [-0.1, -0.05) is 11.6 Å². The molecule has 0 bridgehead atoms. The van der Waals surface area contributed by atoms with Crippen LogP contribution in [0.3, 0.4) is 0 Å². The monoisotopic (exact) mass is 426 g/mol. The molecule has 1 amide bonds. The van der Waals surface area contributed by atoms with Gasteiger partial charge in [-0.2, -0.15) is 0 Å². The van der Waals surface area contributed by atoms with Crippen LogP contribution in [0.1, 0.15) is 36.0 Å². The van der Waals surface area contributed by atoms with E-state index in [1.165, 1.54) is 0 Å². The van der Waals surface area contributed by atoms with Crippen molar-refractivity contribution in [1.82, 2.24) is 10.2 Å². The predicted octanol–water partition coefficient (Wildman–Crippen LogP) is 1.78. The number of carboxylic acid groups (broad SMARTS) is 1. The Morgan fingerprint density at radius 2 is 2.07 bits per heavy atom. The summed E-state index contributed by atoms with van der Waals surface area (Å²) in [6.07, 6.45) is 1.56. The van der Waals surface area contributed by atoms with E-state index in [-0.39, 0.29) is 18.2 Å². The Labute approximate surface area is 174 Å². The average Bonchev–Trinajstić information content (AvgIpc) is 2.91. The van der Waals surface area contributed by atoms with Crippen molar-refractivity contribution >= 4 is 23.5 Å². The van der Waals surface area contributed by atoms with Gasteiger partial charge in [-0.25, -0.2) is 0 Å². The average molecular weight is 427 g/mol. The highest BCUT2D eigenvalue weighted by atomic mass is 35.5. The zero-order chi connectivity index (χ0) is 20.8. The lowest BCUT2D eigenvalue weighted by molar-refractivity contribution is -0.137. The van der Waals surface area contributed by atoms with Gasteiger partial charge in [-0.15, -0.1) is 0 Å². The van der Waals surface area contributed by atoms with Crippen molar-refractivity contribution in [2.24, 2.45) is 5.92 Å². The highest BCUT2D eigenvalue weighted by molar-refractivity contribution is 6.31. The molecular formula is C20H27ClN2O6. The van der Waals surface area contributed by atoms with Gasteiger partial charge in [0.15, 0.2) is 11.5 Å². The standard InChI is InChI=1S/C20H27ClN2O6/c21-14-9-15(19-17(10-14)28-7-2-8-29-19)20(27)22-11-13-4-6-23(12-16(13)24)5-1-3-18(25)26/h9-10,13,16,24H,1-8,11-12H2,(H,22,27)(H,25,26)/t13-,16+/m0/s1. The number of aliphatic hydroxyl groups is 1. The lowest BCUT2D eigenvalue weighted by Crippen LogP contribution is -2.47. The molecule has 29 heavy (non-hydrogen) atoms. The fourth-order valence-corrected chi connectivity index (χ4v) is 3.88. The van der Waals surface area contributed by atoms with Crippen LogP contribution in [0.5, 0.6) is 11.5 Å². The van der Waals surface area contributed by atoms with Gasteiger partial charge in [0.25, 0.3) is 5.91 Å². The summed E-state index contributed by atoms with van der Waals surface area (Å²) >= 11 is 6.13. The Morgan fingerprint density at radius 3 is 2.83 bits per heavy atom. The van der Waals surface area contributed by atoms with Crippen LogP contribution >= 0.6 is 11.6 Å². The van der Waals surface area contributed by atoms with Gasteiger partial charge in [0.2, 0.25) is 0 Å². The van der Waals surface area contributed by atoms with Gasteiger partial charge >= 0.3 is 5.97 Å². The minimum Gasteiger partial charge on any atom is -0.489 e. The predicted molar refractivity (Wildman–Crippen MR) is 107 cm³/mol. The number of nitrogens with one attached hydrogen (secondary N) is 1. The van der Waals surface area contributed by atoms with Crippen LogP contribution in [-0.2, 0) is 4.79 Å². The quantitative estimate of drug-likeness (QED) is 0.609. The molecule has 3 N–H and O–H groups in total. The van der Waals surface area contributed by atoms with Gasteiger partial charge in [0.05, 0.1) is 24.9 Å². The fourth-order valence-electron chi connectivity index (χ4n) is 3.67. The minimum absolute atomic E-state index is 0.0652. The first-order valence-electron chi connectivity index (χ1n) is 9.93. The van der Waals surface area contributed by atoms with Crippen LogP contribution in [-0.4, -0.2) is 72.5 Å². The Morgan fingerprint density at radius 1 is 1.28 bits per heavy atom. The summed E-state index contributed by atoms with van der Waals surface area (Å²) in [4.78, 5) is 25.4. The maximum Gasteiger partial charge on any atom is 0.303 e. The number of nitrogens with zero attached hydrogens (tertiary/aromatic N) is 1. The normalized spacial score (nSPS) is 22.0. The van der Waals surface area contributed by atoms with E-state index in [0.29, 0.717) is 61.4 Å². The lowest BCUT2D eigenvalue weighted by atomic mass is 9.93. The molecule has 1 aromatic carbocycles. The summed E-state index contributed by atoms with van der Waals surface area (Å²) in [7, 11) is 0. The number of aliphatic hydroxyl groups excluding tert-OH is 1. The number of aliphatic carboxylic acids is 1. The molecule has 0 saturated carbocycles. The number of halogens is 1. The molecular weight excluding hydrogens is 400 g/mol. The molecule has 2 aliphatic rings. The molecule has 8 nitrogen and oxygen atoms in total. The molecule has 3 rings (SSSR count).